The number of hydrogen-bond acceptors (Lipinski definition) is 6. The predicted octanol–water partition coefficient (Wildman–Crippen LogP) is 6.49. The van der Waals surface area contributed by atoms with E-state index >= 15 is 0 Å². The number of aryl methyl sites for hydroxylation is 2. The molecule has 0 unspecified atom stereocenters. The summed E-state index contributed by atoms with van der Waals surface area (Å²) in [5, 5.41) is 3.94. The van der Waals surface area contributed by atoms with Crippen molar-refractivity contribution in [1.82, 2.24) is 4.98 Å². The quantitative estimate of drug-likeness (QED) is 0.102. The minimum absolute atomic E-state index is 0.225. The molecule has 8 rings (SSSR count). The summed E-state index contributed by atoms with van der Waals surface area (Å²) in [7, 11) is 1.64. The van der Waals surface area contributed by atoms with Gasteiger partial charge in [0.25, 0.3) is 0 Å². The van der Waals surface area contributed by atoms with Crippen LogP contribution in [-0.2, 0) is 17.8 Å². The molecular formula is C35H29N2O6+. The monoisotopic (exact) mass is 573 g/mol. The highest BCUT2D eigenvalue weighted by molar-refractivity contribution is 6.10. The SMILES string of the molecule is COc1ccc2cc3[n+](cc2c1OCCCC(=O)Oc1cccc2[nH]c4ccccc4c12)CCc1cc2c(cc1-3)OCO2. The fourth-order valence-corrected chi connectivity index (χ4v) is 6.22. The normalized spacial score (nSPS) is 13.2. The summed E-state index contributed by atoms with van der Waals surface area (Å²) in [6, 6.07) is 24.1. The number of carbonyl (C=O) groups excluding carboxylic acids is 1. The molecule has 0 fully saturated rings. The van der Waals surface area contributed by atoms with Crippen molar-refractivity contribution in [3.8, 4) is 40.0 Å². The summed E-state index contributed by atoms with van der Waals surface area (Å²) < 4.78 is 31.3. The van der Waals surface area contributed by atoms with Crippen LogP contribution in [0.2, 0.25) is 0 Å². The zero-order valence-corrected chi connectivity index (χ0v) is 23.6. The number of esters is 1. The average molecular weight is 574 g/mol. The van der Waals surface area contributed by atoms with Gasteiger partial charge in [-0.2, -0.15) is 4.57 Å². The van der Waals surface area contributed by atoms with E-state index in [1.54, 1.807) is 7.11 Å². The fraction of sp³-hybridized carbons (Fsp3) is 0.200. The molecule has 8 nitrogen and oxygen atoms in total. The Labute approximate surface area is 247 Å². The number of aromatic nitrogens is 2. The predicted molar refractivity (Wildman–Crippen MR) is 162 cm³/mol. The smallest absolute Gasteiger partial charge is 0.311 e. The molecular weight excluding hydrogens is 544 g/mol. The molecule has 2 aliphatic heterocycles. The van der Waals surface area contributed by atoms with Gasteiger partial charge in [0.05, 0.1) is 35.6 Å². The van der Waals surface area contributed by atoms with Gasteiger partial charge >= 0.3 is 5.97 Å². The Morgan fingerprint density at radius 3 is 2.70 bits per heavy atom. The number of hydrogen-bond donors (Lipinski definition) is 1. The van der Waals surface area contributed by atoms with Crippen LogP contribution in [-0.4, -0.2) is 31.5 Å². The van der Waals surface area contributed by atoms with E-state index in [4.69, 9.17) is 23.7 Å². The number of nitrogens with one attached hydrogen (secondary N) is 1. The summed E-state index contributed by atoms with van der Waals surface area (Å²) in [6.07, 6.45) is 3.75. The molecule has 1 N–H and O–H groups in total. The third-order valence-corrected chi connectivity index (χ3v) is 8.28. The summed E-state index contributed by atoms with van der Waals surface area (Å²) in [6.45, 7) is 1.44. The van der Waals surface area contributed by atoms with Gasteiger partial charge < -0.3 is 28.7 Å². The number of rotatable bonds is 7. The molecule has 0 saturated heterocycles. The Bertz CT molecular complexity index is 2060. The van der Waals surface area contributed by atoms with Gasteiger partial charge in [-0.25, -0.2) is 0 Å². The molecule has 43 heavy (non-hydrogen) atoms. The van der Waals surface area contributed by atoms with E-state index in [1.165, 1.54) is 5.56 Å². The van der Waals surface area contributed by atoms with E-state index in [1.807, 2.05) is 54.6 Å². The maximum atomic E-state index is 12.9. The molecule has 0 atom stereocenters. The minimum Gasteiger partial charge on any atom is -0.493 e. The van der Waals surface area contributed by atoms with Crippen molar-refractivity contribution in [2.24, 2.45) is 0 Å². The van der Waals surface area contributed by atoms with Gasteiger partial charge in [0.15, 0.2) is 35.7 Å². The average Bonchev–Trinajstić information content (AvgIpc) is 3.65. The standard InChI is InChI=1S/C35H29N2O6/c1-39-30-12-11-21-16-28-24-18-32-31(41-20-42-32)17-22(24)13-14-37(28)19-25(21)35(30)40-15-5-10-33(38)43-29-9-4-8-27-34(29)23-6-2-3-7-26(23)36-27/h2-4,6-9,11-12,16-19,36H,5,10,13-15,20H2,1H3/q+1. The second-order valence-corrected chi connectivity index (χ2v) is 10.8. The number of carbonyl (C=O) groups is 1. The second kappa shape index (κ2) is 10.2. The molecule has 4 heterocycles. The van der Waals surface area contributed by atoms with Crippen LogP contribution in [0.3, 0.4) is 0 Å². The second-order valence-electron chi connectivity index (χ2n) is 10.8. The zero-order chi connectivity index (χ0) is 28.9. The molecule has 4 aromatic carbocycles. The molecule has 0 aliphatic carbocycles. The maximum Gasteiger partial charge on any atom is 0.311 e. The molecule has 6 aromatic rings. The number of fused-ring (bicyclic) bond motifs is 8. The van der Waals surface area contributed by atoms with Crippen molar-refractivity contribution < 1.29 is 33.0 Å². The molecule has 0 spiro atoms. The fourth-order valence-electron chi connectivity index (χ4n) is 6.22. The lowest BCUT2D eigenvalue weighted by molar-refractivity contribution is -0.686. The molecule has 2 aliphatic rings. The third-order valence-electron chi connectivity index (χ3n) is 8.28. The minimum atomic E-state index is -0.296. The lowest BCUT2D eigenvalue weighted by atomic mass is 9.95. The van der Waals surface area contributed by atoms with Crippen molar-refractivity contribution in [2.45, 2.75) is 25.8 Å². The van der Waals surface area contributed by atoms with E-state index < -0.39 is 0 Å². The lowest BCUT2D eigenvalue weighted by Gasteiger charge is -2.18. The van der Waals surface area contributed by atoms with Gasteiger partial charge in [0.2, 0.25) is 12.5 Å². The Morgan fingerprint density at radius 2 is 1.79 bits per heavy atom. The number of para-hydroxylation sites is 1. The molecule has 8 heteroatoms. The summed E-state index contributed by atoms with van der Waals surface area (Å²) in [4.78, 5) is 16.2. The van der Waals surface area contributed by atoms with Crippen molar-refractivity contribution >= 4 is 38.5 Å². The van der Waals surface area contributed by atoms with Crippen LogP contribution in [0.1, 0.15) is 18.4 Å². The Balaban J connectivity index is 1.00. The van der Waals surface area contributed by atoms with Crippen LogP contribution in [0.25, 0.3) is 43.8 Å². The van der Waals surface area contributed by atoms with Gasteiger partial charge in [-0.1, -0.05) is 24.3 Å². The molecule has 0 amide bonds. The van der Waals surface area contributed by atoms with E-state index in [9.17, 15) is 4.79 Å². The van der Waals surface area contributed by atoms with E-state index in [0.717, 1.165) is 68.3 Å². The lowest BCUT2D eigenvalue weighted by Crippen LogP contribution is -2.40. The van der Waals surface area contributed by atoms with Gasteiger partial charge in [0, 0.05) is 29.8 Å². The van der Waals surface area contributed by atoms with Crippen LogP contribution in [0.4, 0.5) is 0 Å². The van der Waals surface area contributed by atoms with Gasteiger partial charge in [-0.3, -0.25) is 4.79 Å². The first-order valence-electron chi connectivity index (χ1n) is 14.5. The van der Waals surface area contributed by atoms with Crippen LogP contribution < -0.4 is 28.3 Å². The molecule has 214 valence electrons. The highest BCUT2D eigenvalue weighted by Crippen LogP contribution is 2.42. The van der Waals surface area contributed by atoms with E-state index in [-0.39, 0.29) is 19.2 Å². The van der Waals surface area contributed by atoms with Crippen LogP contribution >= 0.6 is 0 Å². The number of pyridine rings is 1. The number of aromatic amines is 1. The first-order valence-corrected chi connectivity index (χ1v) is 14.5. The third kappa shape index (κ3) is 4.37. The van der Waals surface area contributed by atoms with Gasteiger partial charge in [0.1, 0.15) is 5.75 Å². The number of ether oxygens (including phenoxy) is 5. The van der Waals surface area contributed by atoms with Crippen molar-refractivity contribution in [3.05, 3.63) is 84.6 Å². The summed E-state index contributed by atoms with van der Waals surface area (Å²) in [5.74, 6) is 3.18. The van der Waals surface area contributed by atoms with Crippen molar-refractivity contribution in [1.29, 1.82) is 0 Å². The first kappa shape index (κ1) is 25.5. The van der Waals surface area contributed by atoms with Crippen molar-refractivity contribution in [3.63, 3.8) is 0 Å². The number of nitrogens with zero attached hydrogens (tertiary/aromatic N) is 1. The maximum absolute atomic E-state index is 12.9. The Morgan fingerprint density at radius 1 is 0.930 bits per heavy atom. The summed E-state index contributed by atoms with van der Waals surface area (Å²) in [5.41, 5.74) is 5.47. The first-order chi connectivity index (χ1) is 21.2. The van der Waals surface area contributed by atoms with Gasteiger partial charge in [-0.15, -0.1) is 0 Å². The highest BCUT2D eigenvalue weighted by atomic mass is 16.7. The molecule has 0 saturated carbocycles. The molecule has 0 radical (unpaired) electrons. The molecule has 0 bridgehead atoms. The van der Waals surface area contributed by atoms with E-state index in [2.05, 4.69) is 33.9 Å². The Kier molecular flexibility index (Phi) is 6.06. The van der Waals surface area contributed by atoms with Crippen LogP contribution in [0, 0.1) is 0 Å². The highest BCUT2D eigenvalue weighted by Gasteiger charge is 2.28. The van der Waals surface area contributed by atoms with Crippen LogP contribution in [0.5, 0.6) is 28.7 Å². The Hall–Kier alpha value is -5.24. The zero-order valence-electron chi connectivity index (χ0n) is 23.6. The van der Waals surface area contributed by atoms with E-state index in [0.29, 0.717) is 30.3 Å². The number of benzene rings is 4. The molecule has 2 aromatic heterocycles. The van der Waals surface area contributed by atoms with Crippen molar-refractivity contribution in [2.75, 3.05) is 20.5 Å². The topological polar surface area (TPSA) is 82.9 Å². The number of methoxy groups -OCH3 is 1. The number of H-pyrrole nitrogens is 1. The summed E-state index contributed by atoms with van der Waals surface area (Å²) >= 11 is 0. The van der Waals surface area contributed by atoms with Gasteiger partial charge in [-0.05, 0) is 59.8 Å². The largest absolute Gasteiger partial charge is 0.493 e. The van der Waals surface area contributed by atoms with Crippen LogP contribution in [0.15, 0.2) is 79.0 Å².